The van der Waals surface area contributed by atoms with Crippen LogP contribution in [0.3, 0.4) is 0 Å². The molecule has 0 radical (unpaired) electrons. The number of rotatable bonds is 6. The van der Waals surface area contributed by atoms with E-state index in [2.05, 4.69) is 10.4 Å². The SMILES string of the molecule is CCC(C)(NC(=O)Cc1c(C)nn(-c2ccc(Cl)cc2Cl)c1C)C(=O)O. The lowest BCUT2D eigenvalue weighted by Gasteiger charge is -2.24. The molecule has 0 aliphatic rings. The monoisotopic (exact) mass is 397 g/mol. The fraction of sp³-hybridized carbons (Fsp3) is 0.389. The molecule has 1 atom stereocenters. The second kappa shape index (κ2) is 7.68. The van der Waals surface area contributed by atoms with Gasteiger partial charge in [0.2, 0.25) is 5.91 Å². The molecule has 0 saturated carbocycles. The van der Waals surface area contributed by atoms with Gasteiger partial charge in [0.25, 0.3) is 0 Å². The van der Waals surface area contributed by atoms with Crippen molar-refractivity contribution in [3.05, 3.63) is 45.2 Å². The quantitative estimate of drug-likeness (QED) is 0.777. The van der Waals surface area contributed by atoms with Crippen molar-refractivity contribution in [1.29, 1.82) is 0 Å². The van der Waals surface area contributed by atoms with E-state index in [9.17, 15) is 14.7 Å². The Morgan fingerprint density at radius 3 is 2.50 bits per heavy atom. The van der Waals surface area contributed by atoms with E-state index in [1.54, 1.807) is 36.7 Å². The number of carboxylic acid groups (broad SMARTS) is 1. The Morgan fingerprint density at radius 1 is 1.31 bits per heavy atom. The van der Waals surface area contributed by atoms with Gasteiger partial charge >= 0.3 is 5.97 Å². The number of nitrogens with zero attached hydrogens (tertiary/aromatic N) is 2. The standard InChI is InChI=1S/C18H21Cl2N3O3/c1-5-18(4,17(25)26)21-16(24)9-13-10(2)22-23(11(13)3)15-7-6-12(19)8-14(15)20/h6-8H,5,9H2,1-4H3,(H,21,24)(H,25,26). The van der Waals surface area contributed by atoms with Crippen molar-refractivity contribution in [1.82, 2.24) is 15.1 Å². The van der Waals surface area contributed by atoms with Gasteiger partial charge in [-0.05, 0) is 45.4 Å². The fourth-order valence-electron chi connectivity index (χ4n) is 2.62. The van der Waals surface area contributed by atoms with Crippen LogP contribution in [-0.4, -0.2) is 32.3 Å². The van der Waals surface area contributed by atoms with Gasteiger partial charge in [0.05, 0.1) is 22.8 Å². The van der Waals surface area contributed by atoms with Gasteiger partial charge in [-0.2, -0.15) is 5.10 Å². The molecule has 0 aliphatic heterocycles. The number of aromatic nitrogens is 2. The predicted octanol–water partition coefficient (Wildman–Crippen LogP) is 3.71. The van der Waals surface area contributed by atoms with Crippen LogP contribution in [0.25, 0.3) is 5.69 Å². The first-order chi connectivity index (χ1) is 12.1. The number of carbonyl (C=O) groups is 2. The predicted molar refractivity (Wildman–Crippen MR) is 101 cm³/mol. The second-order valence-electron chi connectivity index (χ2n) is 6.37. The summed E-state index contributed by atoms with van der Waals surface area (Å²) in [6.07, 6.45) is 0.317. The van der Waals surface area contributed by atoms with Crippen molar-refractivity contribution in [2.75, 3.05) is 0 Å². The zero-order chi connectivity index (χ0) is 19.6. The largest absolute Gasteiger partial charge is 0.480 e. The van der Waals surface area contributed by atoms with Crippen molar-refractivity contribution >= 4 is 35.1 Å². The first-order valence-corrected chi connectivity index (χ1v) is 8.89. The maximum absolute atomic E-state index is 12.4. The van der Waals surface area contributed by atoms with E-state index in [4.69, 9.17) is 23.2 Å². The minimum absolute atomic E-state index is 0.0335. The molecule has 0 spiro atoms. The van der Waals surface area contributed by atoms with Gasteiger partial charge in [-0.1, -0.05) is 30.1 Å². The number of carboxylic acids is 1. The van der Waals surface area contributed by atoms with E-state index in [0.29, 0.717) is 21.4 Å². The summed E-state index contributed by atoms with van der Waals surface area (Å²) in [5.74, 6) is -1.44. The highest BCUT2D eigenvalue weighted by Gasteiger charge is 2.33. The average molecular weight is 398 g/mol. The van der Waals surface area contributed by atoms with Crippen LogP contribution >= 0.6 is 23.2 Å². The van der Waals surface area contributed by atoms with Gasteiger partial charge in [0, 0.05) is 16.3 Å². The third-order valence-electron chi connectivity index (χ3n) is 4.51. The first kappa shape index (κ1) is 20.3. The molecule has 1 amide bonds. The van der Waals surface area contributed by atoms with Crippen molar-refractivity contribution in [3.8, 4) is 5.69 Å². The van der Waals surface area contributed by atoms with Crippen LogP contribution < -0.4 is 5.32 Å². The molecule has 0 aliphatic carbocycles. The van der Waals surface area contributed by atoms with Crippen LogP contribution in [0.15, 0.2) is 18.2 Å². The summed E-state index contributed by atoms with van der Waals surface area (Å²) in [6.45, 7) is 6.84. The summed E-state index contributed by atoms with van der Waals surface area (Å²) in [6, 6.07) is 5.10. The van der Waals surface area contributed by atoms with Crippen LogP contribution in [0.4, 0.5) is 0 Å². The molecule has 0 saturated heterocycles. The maximum Gasteiger partial charge on any atom is 0.329 e. The normalized spacial score (nSPS) is 13.3. The summed E-state index contributed by atoms with van der Waals surface area (Å²) in [7, 11) is 0. The molecule has 140 valence electrons. The molecule has 1 aromatic heterocycles. The third kappa shape index (κ3) is 4.02. The Balaban J connectivity index is 2.31. The summed E-state index contributed by atoms with van der Waals surface area (Å²) in [4.78, 5) is 23.8. The number of hydrogen-bond donors (Lipinski definition) is 2. The van der Waals surface area contributed by atoms with Crippen LogP contribution in [0.1, 0.15) is 37.2 Å². The number of hydrogen-bond acceptors (Lipinski definition) is 3. The Morgan fingerprint density at radius 2 is 1.96 bits per heavy atom. The van der Waals surface area contributed by atoms with Gasteiger partial charge in [-0.15, -0.1) is 0 Å². The Kier molecular flexibility index (Phi) is 5.98. The van der Waals surface area contributed by atoms with E-state index in [1.807, 2.05) is 6.92 Å². The van der Waals surface area contributed by atoms with Crippen molar-refractivity contribution in [2.24, 2.45) is 0 Å². The minimum atomic E-state index is -1.30. The molecule has 8 heteroatoms. The number of halogens is 2. The van der Waals surface area contributed by atoms with Crippen molar-refractivity contribution < 1.29 is 14.7 Å². The zero-order valence-corrected chi connectivity index (χ0v) is 16.6. The Labute approximate surface area is 162 Å². The van der Waals surface area contributed by atoms with E-state index >= 15 is 0 Å². The molecule has 1 heterocycles. The number of carbonyl (C=O) groups excluding carboxylic acids is 1. The topological polar surface area (TPSA) is 84.2 Å². The highest BCUT2D eigenvalue weighted by Crippen LogP contribution is 2.27. The molecule has 0 bridgehead atoms. The number of aryl methyl sites for hydroxylation is 1. The van der Waals surface area contributed by atoms with Crippen molar-refractivity contribution in [3.63, 3.8) is 0 Å². The third-order valence-corrected chi connectivity index (χ3v) is 5.05. The minimum Gasteiger partial charge on any atom is -0.480 e. The lowest BCUT2D eigenvalue weighted by atomic mass is 9.98. The van der Waals surface area contributed by atoms with Crippen LogP contribution in [0.5, 0.6) is 0 Å². The summed E-state index contributed by atoms with van der Waals surface area (Å²) in [5, 5.41) is 17.3. The number of amides is 1. The maximum atomic E-state index is 12.4. The zero-order valence-electron chi connectivity index (χ0n) is 15.1. The number of nitrogens with one attached hydrogen (secondary N) is 1. The van der Waals surface area contributed by atoms with Gasteiger partial charge in [-0.3, -0.25) is 4.79 Å². The van der Waals surface area contributed by atoms with E-state index < -0.39 is 11.5 Å². The van der Waals surface area contributed by atoms with Crippen LogP contribution in [0, 0.1) is 13.8 Å². The molecule has 0 fully saturated rings. The van der Waals surface area contributed by atoms with Crippen LogP contribution in [-0.2, 0) is 16.0 Å². The molecule has 1 aromatic carbocycles. The Hall–Kier alpha value is -2.05. The fourth-order valence-corrected chi connectivity index (χ4v) is 3.11. The van der Waals surface area contributed by atoms with Crippen LogP contribution in [0.2, 0.25) is 10.0 Å². The van der Waals surface area contributed by atoms with Gasteiger partial charge in [-0.25, -0.2) is 9.48 Å². The smallest absolute Gasteiger partial charge is 0.329 e. The molecule has 2 rings (SSSR count). The summed E-state index contributed by atoms with van der Waals surface area (Å²) < 4.78 is 1.66. The molecule has 6 nitrogen and oxygen atoms in total. The summed E-state index contributed by atoms with van der Waals surface area (Å²) >= 11 is 12.2. The molecule has 1 unspecified atom stereocenters. The van der Waals surface area contributed by atoms with Gasteiger partial charge in [0.1, 0.15) is 5.54 Å². The Bertz CT molecular complexity index is 864. The highest BCUT2D eigenvalue weighted by molar-refractivity contribution is 6.35. The second-order valence-corrected chi connectivity index (χ2v) is 7.22. The van der Waals surface area contributed by atoms with E-state index in [0.717, 1.165) is 11.3 Å². The molecule has 2 aromatic rings. The van der Waals surface area contributed by atoms with Gasteiger partial charge in [0.15, 0.2) is 0 Å². The number of aliphatic carboxylic acids is 1. The van der Waals surface area contributed by atoms with Crippen molar-refractivity contribution in [2.45, 2.75) is 46.1 Å². The lowest BCUT2D eigenvalue weighted by molar-refractivity contribution is -0.146. The summed E-state index contributed by atoms with van der Waals surface area (Å²) in [5.41, 5.74) is 1.53. The van der Waals surface area contributed by atoms with E-state index in [1.165, 1.54) is 6.92 Å². The first-order valence-electron chi connectivity index (χ1n) is 8.14. The van der Waals surface area contributed by atoms with Gasteiger partial charge < -0.3 is 10.4 Å². The lowest BCUT2D eigenvalue weighted by Crippen LogP contribution is -2.52. The number of benzene rings is 1. The molecular formula is C18H21Cl2N3O3. The molecular weight excluding hydrogens is 377 g/mol. The van der Waals surface area contributed by atoms with E-state index in [-0.39, 0.29) is 18.7 Å². The molecule has 26 heavy (non-hydrogen) atoms. The molecule has 2 N–H and O–H groups in total. The highest BCUT2D eigenvalue weighted by atomic mass is 35.5. The average Bonchev–Trinajstić information content (AvgIpc) is 2.82.